The van der Waals surface area contributed by atoms with Gasteiger partial charge in [0.15, 0.2) is 0 Å². The largest absolute Gasteiger partial charge is 0.103 e. The Hall–Kier alpha value is -0.823. The van der Waals surface area contributed by atoms with Crippen molar-refractivity contribution in [2.24, 2.45) is 0 Å². The number of allylic oxidation sites excluding steroid dienone is 1. The molecule has 0 fully saturated rings. The summed E-state index contributed by atoms with van der Waals surface area (Å²) in [5.74, 6) is 0. The van der Waals surface area contributed by atoms with Crippen LogP contribution >= 0.6 is 0 Å². The van der Waals surface area contributed by atoms with Crippen LogP contribution in [0.15, 0.2) is 43.0 Å². The molecule has 0 aromatic heterocycles. The van der Waals surface area contributed by atoms with Crippen molar-refractivity contribution < 1.29 is 0 Å². The van der Waals surface area contributed by atoms with E-state index < -0.39 is 0 Å². The van der Waals surface area contributed by atoms with E-state index in [0.29, 0.717) is 0 Å². The van der Waals surface area contributed by atoms with Gasteiger partial charge in [0.25, 0.3) is 0 Å². The van der Waals surface area contributed by atoms with Crippen molar-refractivity contribution in [1.82, 2.24) is 0 Å². The van der Waals surface area contributed by atoms with Gasteiger partial charge in [0.1, 0.15) is 0 Å². The molecule has 0 nitrogen and oxygen atoms in total. The first kappa shape index (κ1) is 9.18. The Morgan fingerprint density at radius 1 is 1.30 bits per heavy atom. The maximum atomic E-state index is 3.36. The molecule has 0 saturated heterocycles. The zero-order valence-corrected chi connectivity index (χ0v) is 8.67. The molecule has 0 aliphatic rings. The fraction of sp³-hybridized carbons (Fsp3) is 0.111. The van der Waals surface area contributed by atoms with E-state index in [9.17, 15) is 0 Å². The highest BCUT2D eigenvalue weighted by atomic mass is 28.1. The van der Waals surface area contributed by atoms with Crippen LogP contribution in [0.4, 0.5) is 0 Å². The average Bonchev–Trinajstić information content (AvgIpc) is 1.91. The van der Waals surface area contributed by atoms with Crippen LogP contribution < -0.4 is 5.19 Å². The minimum absolute atomic E-state index is 1.17. The van der Waals surface area contributed by atoms with Crippen molar-refractivity contribution in [2.75, 3.05) is 0 Å². The summed E-state index contributed by atoms with van der Waals surface area (Å²) in [5.41, 5.74) is 0. The SMILES string of the molecule is C=CC.[SiH3]c1ccccc1. The number of rotatable bonds is 0. The van der Waals surface area contributed by atoms with Crippen LogP contribution in [-0.4, -0.2) is 10.2 Å². The molecular formula is C9H14Si. The number of hydrogen-bond donors (Lipinski definition) is 0. The monoisotopic (exact) mass is 150 g/mol. The lowest BCUT2D eigenvalue weighted by Crippen LogP contribution is -1.97. The maximum Gasteiger partial charge on any atom is 0.0384 e. The fourth-order valence-corrected chi connectivity index (χ4v) is 0.919. The van der Waals surface area contributed by atoms with Gasteiger partial charge in [-0.1, -0.05) is 41.6 Å². The van der Waals surface area contributed by atoms with Crippen LogP contribution in [0.2, 0.25) is 0 Å². The Bertz CT molecular complexity index is 167. The summed E-state index contributed by atoms with van der Waals surface area (Å²) in [6.07, 6.45) is 1.75. The third kappa shape index (κ3) is 5.32. The lowest BCUT2D eigenvalue weighted by atomic mass is 10.4. The van der Waals surface area contributed by atoms with Crippen LogP contribution in [-0.2, 0) is 0 Å². The van der Waals surface area contributed by atoms with Crippen molar-refractivity contribution in [1.29, 1.82) is 0 Å². The summed E-state index contributed by atoms with van der Waals surface area (Å²) in [7, 11) is 1.17. The first-order valence-electron chi connectivity index (χ1n) is 3.40. The Morgan fingerprint density at radius 3 is 1.90 bits per heavy atom. The number of benzene rings is 1. The minimum Gasteiger partial charge on any atom is -0.103 e. The van der Waals surface area contributed by atoms with Gasteiger partial charge in [-0.15, -0.1) is 6.58 Å². The zero-order chi connectivity index (χ0) is 7.82. The van der Waals surface area contributed by atoms with Crippen LogP contribution in [0.5, 0.6) is 0 Å². The van der Waals surface area contributed by atoms with Gasteiger partial charge >= 0.3 is 0 Å². The maximum absolute atomic E-state index is 3.36. The molecule has 1 aromatic rings. The fourth-order valence-electron chi connectivity index (χ4n) is 0.534. The Morgan fingerprint density at radius 2 is 1.70 bits per heavy atom. The molecule has 0 amide bonds. The van der Waals surface area contributed by atoms with Gasteiger partial charge in [-0.25, -0.2) is 0 Å². The van der Waals surface area contributed by atoms with Gasteiger partial charge in [-0.3, -0.25) is 0 Å². The summed E-state index contributed by atoms with van der Waals surface area (Å²) in [5, 5.41) is 1.46. The molecule has 54 valence electrons. The van der Waals surface area contributed by atoms with Gasteiger partial charge < -0.3 is 0 Å². The highest BCUT2D eigenvalue weighted by Crippen LogP contribution is 1.76. The van der Waals surface area contributed by atoms with Crippen molar-refractivity contribution in [3.63, 3.8) is 0 Å². The first-order valence-corrected chi connectivity index (χ1v) is 4.40. The van der Waals surface area contributed by atoms with Crippen LogP contribution in [0.3, 0.4) is 0 Å². The summed E-state index contributed by atoms with van der Waals surface area (Å²) in [6, 6.07) is 10.5. The molecule has 0 unspecified atom stereocenters. The Kier molecular flexibility index (Phi) is 5.78. The minimum atomic E-state index is 1.17. The van der Waals surface area contributed by atoms with Crippen molar-refractivity contribution in [3.05, 3.63) is 43.0 Å². The first-order chi connectivity index (χ1) is 4.81. The average molecular weight is 150 g/mol. The lowest BCUT2D eigenvalue weighted by Gasteiger charge is -1.82. The molecule has 1 rings (SSSR count). The third-order valence-corrected chi connectivity index (χ3v) is 1.61. The highest BCUT2D eigenvalue weighted by Gasteiger charge is 1.72. The lowest BCUT2D eigenvalue weighted by molar-refractivity contribution is 1.78. The van der Waals surface area contributed by atoms with Gasteiger partial charge in [0.05, 0.1) is 0 Å². The Balaban J connectivity index is 0.000000236. The molecule has 0 aliphatic heterocycles. The van der Waals surface area contributed by atoms with Gasteiger partial charge in [-0.05, 0) is 6.92 Å². The normalized spacial score (nSPS) is 7.70. The predicted molar refractivity (Wildman–Crippen MR) is 51.9 cm³/mol. The second kappa shape index (κ2) is 6.30. The molecular weight excluding hydrogens is 136 g/mol. The molecule has 0 radical (unpaired) electrons. The predicted octanol–water partition coefficient (Wildman–Crippen LogP) is 0.870. The molecule has 0 spiro atoms. The second-order valence-corrected chi connectivity index (χ2v) is 3.22. The van der Waals surface area contributed by atoms with E-state index in [4.69, 9.17) is 0 Å². The van der Waals surface area contributed by atoms with Crippen molar-refractivity contribution >= 4 is 15.4 Å². The van der Waals surface area contributed by atoms with Crippen LogP contribution in [0, 0.1) is 0 Å². The van der Waals surface area contributed by atoms with E-state index in [1.807, 2.05) is 13.0 Å². The molecule has 10 heavy (non-hydrogen) atoms. The topological polar surface area (TPSA) is 0 Å². The van der Waals surface area contributed by atoms with Crippen molar-refractivity contribution in [2.45, 2.75) is 6.92 Å². The molecule has 1 heteroatoms. The van der Waals surface area contributed by atoms with E-state index in [0.717, 1.165) is 0 Å². The zero-order valence-electron chi connectivity index (χ0n) is 6.67. The second-order valence-electron chi connectivity index (χ2n) is 2.06. The summed E-state index contributed by atoms with van der Waals surface area (Å²) < 4.78 is 0. The van der Waals surface area contributed by atoms with E-state index >= 15 is 0 Å². The molecule has 0 saturated carbocycles. The van der Waals surface area contributed by atoms with Gasteiger partial charge in [0, 0.05) is 10.2 Å². The molecule has 0 bridgehead atoms. The van der Waals surface area contributed by atoms with E-state index in [1.165, 1.54) is 15.4 Å². The van der Waals surface area contributed by atoms with E-state index in [2.05, 4.69) is 30.8 Å². The van der Waals surface area contributed by atoms with Gasteiger partial charge in [-0.2, -0.15) is 0 Å². The number of hydrogen-bond acceptors (Lipinski definition) is 0. The van der Waals surface area contributed by atoms with Crippen molar-refractivity contribution in [3.8, 4) is 0 Å². The highest BCUT2D eigenvalue weighted by molar-refractivity contribution is 6.32. The molecule has 0 N–H and O–H groups in total. The standard InChI is InChI=1S/C6H8Si.C3H6/c7-6-4-2-1-3-5-6;1-3-2/h1-5H,7H3;3H,1H2,2H3. The summed E-state index contributed by atoms with van der Waals surface area (Å²) in [4.78, 5) is 0. The molecule has 0 atom stereocenters. The van der Waals surface area contributed by atoms with Crippen LogP contribution in [0.1, 0.15) is 6.92 Å². The Labute approximate surface area is 66.0 Å². The summed E-state index contributed by atoms with van der Waals surface area (Å²) in [6.45, 7) is 5.25. The van der Waals surface area contributed by atoms with E-state index in [1.54, 1.807) is 6.08 Å². The third-order valence-electron chi connectivity index (χ3n) is 0.940. The quantitative estimate of drug-likeness (QED) is 0.380. The smallest absolute Gasteiger partial charge is 0.0384 e. The van der Waals surface area contributed by atoms with Gasteiger partial charge in [0.2, 0.25) is 0 Å². The summed E-state index contributed by atoms with van der Waals surface area (Å²) >= 11 is 0. The van der Waals surface area contributed by atoms with Crippen LogP contribution in [0.25, 0.3) is 0 Å². The molecule has 0 aliphatic carbocycles. The van der Waals surface area contributed by atoms with E-state index in [-0.39, 0.29) is 0 Å². The molecule has 1 aromatic carbocycles. The molecule has 0 heterocycles.